The van der Waals surface area contributed by atoms with Crippen LogP contribution in [0.1, 0.15) is 24.9 Å². The highest BCUT2D eigenvalue weighted by atomic mass is 35.5. The van der Waals surface area contributed by atoms with Crippen LogP contribution in [0.15, 0.2) is 12.1 Å². The van der Waals surface area contributed by atoms with E-state index in [-0.39, 0.29) is 11.1 Å². The highest BCUT2D eigenvalue weighted by Gasteiger charge is 2.21. The lowest BCUT2D eigenvalue weighted by Crippen LogP contribution is -2.30. The van der Waals surface area contributed by atoms with Gasteiger partial charge in [-0.3, -0.25) is 0 Å². The normalized spacial score (nSPS) is 25.6. The molecule has 0 bridgehead atoms. The Hall–Kier alpha value is 0.0400. The van der Waals surface area contributed by atoms with E-state index in [9.17, 15) is 4.39 Å². The van der Waals surface area contributed by atoms with E-state index < -0.39 is 5.82 Å². The maximum atomic E-state index is 13.5. The third-order valence-corrected chi connectivity index (χ3v) is 4.59. The summed E-state index contributed by atoms with van der Waals surface area (Å²) >= 11 is 13.7. The Morgan fingerprint density at radius 1 is 1.35 bits per heavy atom. The van der Waals surface area contributed by atoms with Gasteiger partial charge in [-0.1, -0.05) is 23.2 Å². The summed E-state index contributed by atoms with van der Waals surface area (Å²) in [6.07, 6.45) is 1.12. The average Bonchev–Trinajstić information content (AvgIpc) is 2.48. The smallest absolute Gasteiger partial charge is 0.142 e. The summed E-state index contributed by atoms with van der Waals surface area (Å²) in [4.78, 5) is 0. The van der Waals surface area contributed by atoms with Crippen LogP contribution in [0.4, 0.5) is 4.39 Å². The first-order valence-corrected chi connectivity index (χ1v) is 7.47. The molecule has 1 heterocycles. The van der Waals surface area contributed by atoms with E-state index in [1.54, 1.807) is 0 Å². The summed E-state index contributed by atoms with van der Waals surface area (Å²) in [7, 11) is 0. The van der Waals surface area contributed by atoms with Crippen LogP contribution in [-0.2, 0) is 0 Å². The Kier molecular flexibility index (Phi) is 4.59. The maximum Gasteiger partial charge on any atom is 0.142 e. The fourth-order valence-electron chi connectivity index (χ4n) is 1.92. The second kappa shape index (κ2) is 5.79. The molecule has 1 fully saturated rings. The first-order chi connectivity index (χ1) is 8.08. The molecule has 1 nitrogen and oxygen atoms in total. The van der Waals surface area contributed by atoms with Gasteiger partial charge in [-0.25, -0.2) is 4.39 Å². The van der Waals surface area contributed by atoms with E-state index in [4.69, 9.17) is 23.2 Å². The number of benzene rings is 1. The largest absolute Gasteiger partial charge is 0.307 e. The Labute approximate surface area is 115 Å². The van der Waals surface area contributed by atoms with Gasteiger partial charge in [0.15, 0.2) is 0 Å². The van der Waals surface area contributed by atoms with Gasteiger partial charge < -0.3 is 5.32 Å². The molecule has 1 aromatic rings. The van der Waals surface area contributed by atoms with Gasteiger partial charge in [0.1, 0.15) is 5.82 Å². The molecule has 0 spiro atoms. The monoisotopic (exact) mass is 293 g/mol. The molecule has 94 valence electrons. The van der Waals surface area contributed by atoms with E-state index in [1.807, 2.05) is 11.8 Å². The first kappa shape index (κ1) is 13.5. The van der Waals surface area contributed by atoms with E-state index in [0.717, 1.165) is 23.5 Å². The third-order valence-electron chi connectivity index (χ3n) is 2.88. The summed E-state index contributed by atoms with van der Waals surface area (Å²) in [6.45, 7) is 2.14. The van der Waals surface area contributed by atoms with Gasteiger partial charge in [0.2, 0.25) is 0 Å². The van der Waals surface area contributed by atoms with Crippen LogP contribution in [0.5, 0.6) is 0 Å². The van der Waals surface area contributed by atoms with E-state index in [1.165, 1.54) is 12.1 Å². The maximum absolute atomic E-state index is 13.5. The number of thioether (sulfide) groups is 1. The van der Waals surface area contributed by atoms with Crippen molar-refractivity contribution < 1.29 is 4.39 Å². The highest BCUT2D eigenvalue weighted by molar-refractivity contribution is 7.99. The predicted octanol–water partition coefficient (Wildman–Crippen LogP) is 4.29. The van der Waals surface area contributed by atoms with Crippen LogP contribution in [0.25, 0.3) is 0 Å². The molecule has 2 unspecified atom stereocenters. The van der Waals surface area contributed by atoms with Crippen molar-refractivity contribution in [2.24, 2.45) is 0 Å². The SMILES string of the molecule is CC1CCSCC(c2cc(F)c(Cl)cc2Cl)N1. The Bertz CT molecular complexity index is 414. The van der Waals surface area contributed by atoms with Gasteiger partial charge >= 0.3 is 0 Å². The molecule has 5 heteroatoms. The molecule has 17 heavy (non-hydrogen) atoms. The van der Waals surface area contributed by atoms with Crippen molar-refractivity contribution in [2.75, 3.05) is 11.5 Å². The van der Waals surface area contributed by atoms with Crippen LogP contribution < -0.4 is 5.32 Å². The Morgan fingerprint density at radius 2 is 2.12 bits per heavy atom. The van der Waals surface area contributed by atoms with Crippen molar-refractivity contribution in [1.82, 2.24) is 5.32 Å². The zero-order valence-corrected chi connectivity index (χ0v) is 11.8. The topological polar surface area (TPSA) is 12.0 Å². The van der Waals surface area contributed by atoms with Crippen LogP contribution in [0.3, 0.4) is 0 Å². The van der Waals surface area contributed by atoms with Gasteiger partial charge in [0, 0.05) is 22.9 Å². The van der Waals surface area contributed by atoms with Crippen LogP contribution in [0, 0.1) is 5.82 Å². The molecule has 1 aromatic carbocycles. The molecule has 0 aromatic heterocycles. The van der Waals surface area contributed by atoms with Crippen molar-refractivity contribution in [2.45, 2.75) is 25.4 Å². The lowest BCUT2D eigenvalue weighted by molar-refractivity contribution is 0.483. The summed E-state index contributed by atoms with van der Waals surface area (Å²) in [5.74, 6) is 1.62. The summed E-state index contributed by atoms with van der Waals surface area (Å²) in [6, 6.07) is 3.44. The lowest BCUT2D eigenvalue weighted by atomic mass is 10.1. The number of halogens is 3. The van der Waals surface area contributed by atoms with Crippen LogP contribution in [0.2, 0.25) is 10.0 Å². The van der Waals surface area contributed by atoms with Crippen molar-refractivity contribution in [3.8, 4) is 0 Å². The second-order valence-electron chi connectivity index (χ2n) is 4.27. The van der Waals surface area contributed by atoms with E-state index in [0.29, 0.717) is 11.1 Å². The van der Waals surface area contributed by atoms with Crippen molar-refractivity contribution in [3.05, 3.63) is 33.6 Å². The molecular formula is C12H14Cl2FNS. The molecule has 1 aliphatic heterocycles. The number of hydrogen-bond donors (Lipinski definition) is 1. The molecule has 1 aliphatic rings. The van der Waals surface area contributed by atoms with Crippen molar-refractivity contribution in [3.63, 3.8) is 0 Å². The molecular weight excluding hydrogens is 280 g/mol. The Balaban J connectivity index is 2.28. The van der Waals surface area contributed by atoms with E-state index in [2.05, 4.69) is 12.2 Å². The van der Waals surface area contributed by atoms with Gasteiger partial charge in [-0.05, 0) is 36.8 Å². The minimum Gasteiger partial charge on any atom is -0.307 e. The molecule has 0 amide bonds. The molecule has 1 N–H and O–H groups in total. The average molecular weight is 294 g/mol. The van der Waals surface area contributed by atoms with Gasteiger partial charge in [0.25, 0.3) is 0 Å². The number of rotatable bonds is 1. The lowest BCUT2D eigenvalue weighted by Gasteiger charge is -2.21. The predicted molar refractivity (Wildman–Crippen MR) is 73.7 cm³/mol. The van der Waals surface area contributed by atoms with Gasteiger partial charge in [0.05, 0.1) is 5.02 Å². The molecule has 0 radical (unpaired) electrons. The quantitative estimate of drug-likeness (QED) is 0.775. The van der Waals surface area contributed by atoms with Crippen molar-refractivity contribution in [1.29, 1.82) is 0 Å². The standard InChI is InChI=1S/C12H14Cl2FNS/c1-7-2-3-17-6-12(16-7)8-4-11(15)10(14)5-9(8)13/h4-5,7,12,16H,2-3,6H2,1H3. The van der Waals surface area contributed by atoms with E-state index >= 15 is 0 Å². The number of nitrogens with one attached hydrogen (secondary N) is 1. The zero-order chi connectivity index (χ0) is 12.4. The van der Waals surface area contributed by atoms with Gasteiger partial charge in [-0.2, -0.15) is 11.8 Å². The second-order valence-corrected chi connectivity index (χ2v) is 6.24. The number of hydrogen-bond acceptors (Lipinski definition) is 2. The molecule has 2 rings (SSSR count). The minimum atomic E-state index is -0.408. The Morgan fingerprint density at radius 3 is 2.88 bits per heavy atom. The fourth-order valence-corrected chi connectivity index (χ4v) is 3.63. The molecule has 1 saturated heterocycles. The molecule has 0 aliphatic carbocycles. The van der Waals surface area contributed by atoms with Crippen molar-refractivity contribution >= 4 is 35.0 Å². The van der Waals surface area contributed by atoms with Crippen LogP contribution >= 0.6 is 35.0 Å². The zero-order valence-electron chi connectivity index (χ0n) is 9.47. The van der Waals surface area contributed by atoms with Crippen LogP contribution in [-0.4, -0.2) is 17.5 Å². The highest BCUT2D eigenvalue weighted by Crippen LogP contribution is 2.32. The molecule has 2 atom stereocenters. The summed E-state index contributed by atoms with van der Waals surface area (Å²) in [5, 5.41) is 4.08. The fraction of sp³-hybridized carbons (Fsp3) is 0.500. The minimum absolute atomic E-state index is 0.0769. The molecule has 0 saturated carbocycles. The third kappa shape index (κ3) is 3.28. The summed E-state index contributed by atoms with van der Waals surface area (Å²) < 4.78 is 13.5. The summed E-state index contributed by atoms with van der Waals surface area (Å²) in [5.41, 5.74) is 0.801. The first-order valence-electron chi connectivity index (χ1n) is 5.56. The van der Waals surface area contributed by atoms with Gasteiger partial charge in [-0.15, -0.1) is 0 Å².